The predicted octanol–water partition coefficient (Wildman–Crippen LogP) is 3.45. The van der Waals surface area contributed by atoms with Gasteiger partial charge >= 0.3 is 0 Å². The minimum atomic E-state index is -0.446. The van der Waals surface area contributed by atoms with Crippen molar-refractivity contribution >= 4 is 39.1 Å². The van der Waals surface area contributed by atoms with Gasteiger partial charge in [0.2, 0.25) is 0 Å². The number of halogens is 3. The van der Waals surface area contributed by atoms with Crippen LogP contribution in [0.4, 0.5) is 0 Å². The van der Waals surface area contributed by atoms with Crippen molar-refractivity contribution in [3.63, 3.8) is 0 Å². The summed E-state index contributed by atoms with van der Waals surface area (Å²) in [6.07, 6.45) is 0. The molecule has 0 aromatic rings. The van der Waals surface area contributed by atoms with Crippen molar-refractivity contribution < 1.29 is 4.74 Å². The van der Waals surface area contributed by atoms with Gasteiger partial charge in [-0.2, -0.15) is 0 Å². The van der Waals surface area contributed by atoms with Crippen molar-refractivity contribution in [1.29, 1.82) is 0 Å². The van der Waals surface area contributed by atoms with Crippen LogP contribution in [0.25, 0.3) is 0 Å². The fourth-order valence-electron chi connectivity index (χ4n) is 0.317. The predicted molar refractivity (Wildman–Crippen MR) is 48.7 cm³/mol. The molecule has 0 saturated heterocycles. The van der Waals surface area contributed by atoms with Crippen molar-refractivity contribution in [2.75, 3.05) is 7.11 Å². The smallest absolute Gasteiger partial charge is 0.119 e. The SMILES string of the molecule is COC(C)(C)C(Br)=C(Cl)Cl. The Morgan fingerprint density at radius 1 is 1.40 bits per heavy atom. The summed E-state index contributed by atoms with van der Waals surface area (Å²) in [5, 5.41) is 0. The van der Waals surface area contributed by atoms with E-state index in [-0.39, 0.29) is 4.49 Å². The first-order chi connectivity index (χ1) is 4.41. The van der Waals surface area contributed by atoms with Crippen LogP contribution >= 0.6 is 39.1 Å². The van der Waals surface area contributed by atoms with Gasteiger partial charge in [-0.05, 0) is 29.8 Å². The normalized spacial score (nSPS) is 11.4. The fraction of sp³-hybridized carbons (Fsp3) is 0.667. The summed E-state index contributed by atoms with van der Waals surface area (Å²) >= 11 is 14.2. The summed E-state index contributed by atoms with van der Waals surface area (Å²) in [5.41, 5.74) is -0.446. The molecular weight excluding hydrogens is 239 g/mol. The van der Waals surface area contributed by atoms with Gasteiger partial charge in [0.25, 0.3) is 0 Å². The van der Waals surface area contributed by atoms with Crippen LogP contribution < -0.4 is 0 Å². The molecule has 0 amide bonds. The summed E-state index contributed by atoms with van der Waals surface area (Å²) in [5.74, 6) is 0. The molecule has 0 aromatic carbocycles. The maximum absolute atomic E-state index is 5.51. The topological polar surface area (TPSA) is 9.23 Å². The molecule has 1 nitrogen and oxygen atoms in total. The third-order valence-electron chi connectivity index (χ3n) is 1.20. The van der Waals surface area contributed by atoms with E-state index in [9.17, 15) is 0 Å². The standard InChI is InChI=1S/C6H9BrCl2O/c1-6(2,10-3)4(7)5(8)9/h1-3H3. The van der Waals surface area contributed by atoms with Gasteiger partial charge in [0.1, 0.15) is 4.49 Å². The lowest BCUT2D eigenvalue weighted by molar-refractivity contribution is 0.0629. The highest BCUT2D eigenvalue weighted by atomic mass is 79.9. The molecule has 10 heavy (non-hydrogen) atoms. The Morgan fingerprint density at radius 2 is 1.80 bits per heavy atom. The zero-order valence-electron chi connectivity index (χ0n) is 6.04. The molecule has 0 aliphatic heterocycles. The van der Waals surface area contributed by atoms with Crippen molar-refractivity contribution in [2.24, 2.45) is 0 Å². The second-order valence-corrected chi connectivity index (χ2v) is 4.03. The number of ether oxygens (including phenoxy) is 1. The monoisotopic (exact) mass is 246 g/mol. The molecule has 0 aliphatic carbocycles. The van der Waals surface area contributed by atoms with E-state index < -0.39 is 5.60 Å². The highest BCUT2D eigenvalue weighted by Gasteiger charge is 2.22. The van der Waals surface area contributed by atoms with E-state index in [0.717, 1.165) is 0 Å². The lowest BCUT2D eigenvalue weighted by atomic mass is 10.1. The Balaban J connectivity index is 4.49. The van der Waals surface area contributed by atoms with Crippen molar-refractivity contribution in [3.05, 3.63) is 8.97 Å². The zero-order valence-corrected chi connectivity index (χ0v) is 9.14. The Kier molecular flexibility index (Phi) is 4.26. The molecule has 0 atom stereocenters. The fourth-order valence-corrected chi connectivity index (χ4v) is 0.934. The van der Waals surface area contributed by atoms with Crippen LogP contribution in [0.3, 0.4) is 0 Å². The highest BCUT2D eigenvalue weighted by Crippen LogP contribution is 2.31. The lowest BCUT2D eigenvalue weighted by Gasteiger charge is -2.22. The molecule has 0 saturated carbocycles. The second kappa shape index (κ2) is 3.96. The summed E-state index contributed by atoms with van der Waals surface area (Å²) in [7, 11) is 1.60. The molecule has 0 rings (SSSR count). The molecule has 0 fully saturated rings. The lowest BCUT2D eigenvalue weighted by Crippen LogP contribution is -2.22. The first kappa shape index (κ1) is 10.8. The van der Waals surface area contributed by atoms with Crippen LogP contribution in [-0.4, -0.2) is 12.7 Å². The summed E-state index contributed by atoms with van der Waals surface area (Å²) in [4.78, 5) is 0. The van der Waals surface area contributed by atoms with Gasteiger partial charge < -0.3 is 4.74 Å². The van der Waals surface area contributed by atoms with Crippen LogP contribution in [0, 0.1) is 0 Å². The molecule has 0 bridgehead atoms. The summed E-state index contributed by atoms with van der Waals surface area (Å²) in [6, 6.07) is 0. The van der Waals surface area contributed by atoms with E-state index in [2.05, 4.69) is 15.9 Å². The molecular formula is C6H9BrCl2O. The van der Waals surface area contributed by atoms with E-state index in [1.54, 1.807) is 7.11 Å². The molecule has 0 aliphatic rings. The highest BCUT2D eigenvalue weighted by molar-refractivity contribution is 9.11. The Labute approximate surface area is 79.5 Å². The first-order valence-electron chi connectivity index (χ1n) is 2.68. The van der Waals surface area contributed by atoms with E-state index in [0.29, 0.717) is 4.48 Å². The van der Waals surface area contributed by atoms with Crippen molar-refractivity contribution in [3.8, 4) is 0 Å². The number of hydrogen-bond donors (Lipinski definition) is 0. The van der Waals surface area contributed by atoms with E-state index >= 15 is 0 Å². The number of hydrogen-bond acceptors (Lipinski definition) is 1. The summed E-state index contributed by atoms with van der Waals surface area (Å²) < 4.78 is 5.95. The number of methoxy groups -OCH3 is 1. The minimum absolute atomic E-state index is 0.201. The maximum Gasteiger partial charge on any atom is 0.119 e. The van der Waals surface area contributed by atoms with Gasteiger partial charge in [-0.3, -0.25) is 0 Å². The van der Waals surface area contributed by atoms with Gasteiger partial charge in [0.15, 0.2) is 0 Å². The summed E-state index contributed by atoms with van der Waals surface area (Å²) in [6.45, 7) is 3.73. The van der Waals surface area contributed by atoms with Crippen LogP contribution in [-0.2, 0) is 4.74 Å². The van der Waals surface area contributed by atoms with Crippen LogP contribution in [0.15, 0.2) is 8.97 Å². The molecule has 60 valence electrons. The Hall–Kier alpha value is 0.760. The molecule has 4 heteroatoms. The minimum Gasteiger partial charge on any atom is -0.373 e. The third-order valence-corrected chi connectivity index (χ3v) is 3.39. The molecule has 0 N–H and O–H groups in total. The van der Waals surface area contributed by atoms with Crippen LogP contribution in [0.2, 0.25) is 0 Å². The van der Waals surface area contributed by atoms with Gasteiger partial charge in [0.05, 0.1) is 10.1 Å². The van der Waals surface area contributed by atoms with Crippen LogP contribution in [0.1, 0.15) is 13.8 Å². The van der Waals surface area contributed by atoms with E-state index in [4.69, 9.17) is 27.9 Å². The third kappa shape index (κ3) is 2.79. The number of rotatable bonds is 2. The quantitative estimate of drug-likeness (QED) is 0.727. The Bertz CT molecular complexity index is 150. The van der Waals surface area contributed by atoms with Crippen molar-refractivity contribution in [2.45, 2.75) is 19.4 Å². The molecule has 0 aromatic heterocycles. The van der Waals surface area contributed by atoms with Gasteiger partial charge in [-0.15, -0.1) is 0 Å². The van der Waals surface area contributed by atoms with Gasteiger partial charge in [-0.25, -0.2) is 0 Å². The second-order valence-electron chi connectivity index (χ2n) is 2.29. The van der Waals surface area contributed by atoms with Crippen molar-refractivity contribution in [1.82, 2.24) is 0 Å². The van der Waals surface area contributed by atoms with E-state index in [1.165, 1.54) is 0 Å². The average molecular weight is 248 g/mol. The Morgan fingerprint density at radius 3 is 1.90 bits per heavy atom. The average Bonchev–Trinajstić information content (AvgIpc) is 1.86. The van der Waals surface area contributed by atoms with E-state index in [1.807, 2.05) is 13.8 Å². The van der Waals surface area contributed by atoms with Crippen LogP contribution in [0.5, 0.6) is 0 Å². The molecule has 0 radical (unpaired) electrons. The van der Waals surface area contributed by atoms with Gasteiger partial charge in [-0.1, -0.05) is 23.2 Å². The van der Waals surface area contributed by atoms with Gasteiger partial charge in [0, 0.05) is 7.11 Å². The zero-order chi connectivity index (χ0) is 8.36. The first-order valence-corrected chi connectivity index (χ1v) is 4.23. The molecule has 0 heterocycles. The molecule has 0 spiro atoms. The maximum atomic E-state index is 5.51. The molecule has 0 unspecified atom stereocenters. The largest absolute Gasteiger partial charge is 0.373 e.